The van der Waals surface area contributed by atoms with E-state index >= 15 is 0 Å². The van der Waals surface area contributed by atoms with Crippen LogP contribution in [0.5, 0.6) is 17.2 Å². The molecule has 0 fully saturated rings. The molecule has 5 aromatic rings. The number of nitrogens with one attached hydrogen (secondary N) is 1. The Hall–Kier alpha value is -5.18. The molecule has 0 saturated carbocycles. The number of halogens is 2. The van der Waals surface area contributed by atoms with Crippen LogP contribution in [0.1, 0.15) is 36.7 Å². The minimum absolute atomic E-state index is 0.121. The van der Waals surface area contributed by atoms with Crippen LogP contribution in [-0.2, 0) is 6.61 Å². The Kier molecular flexibility index (Phi) is 8.71. The number of carbonyl (C=O) groups excluding carboxylic acids is 1. The van der Waals surface area contributed by atoms with Crippen molar-refractivity contribution in [3.05, 3.63) is 124 Å². The van der Waals surface area contributed by atoms with Crippen LogP contribution >= 0.6 is 0 Å². The Bertz CT molecular complexity index is 1820. The SMILES string of the molecule is CCOc1cc(OC(C)C)cc(-n2cc(C(=O)Nc3cc(F)cc(F)c3)c(=O)c3ccc(OCc4ccccc4)cc32)c1. The lowest BCUT2D eigenvalue weighted by molar-refractivity contribution is 0.102. The first-order chi connectivity index (χ1) is 20.7. The van der Waals surface area contributed by atoms with Crippen molar-refractivity contribution in [1.82, 2.24) is 4.57 Å². The van der Waals surface area contributed by atoms with Gasteiger partial charge in [-0.15, -0.1) is 0 Å². The summed E-state index contributed by atoms with van der Waals surface area (Å²) in [6, 6.07) is 22.6. The van der Waals surface area contributed by atoms with Gasteiger partial charge in [-0.05, 0) is 50.6 Å². The third-order valence-corrected chi connectivity index (χ3v) is 6.42. The fourth-order valence-electron chi connectivity index (χ4n) is 4.62. The van der Waals surface area contributed by atoms with Crippen LogP contribution in [0, 0.1) is 11.6 Å². The molecule has 0 aliphatic heterocycles. The van der Waals surface area contributed by atoms with E-state index in [0.29, 0.717) is 47.7 Å². The second-order valence-corrected chi connectivity index (χ2v) is 10.1. The summed E-state index contributed by atoms with van der Waals surface area (Å²) >= 11 is 0. The zero-order chi connectivity index (χ0) is 30.5. The van der Waals surface area contributed by atoms with Gasteiger partial charge in [-0.2, -0.15) is 0 Å². The summed E-state index contributed by atoms with van der Waals surface area (Å²) in [4.78, 5) is 27.0. The van der Waals surface area contributed by atoms with Crippen molar-refractivity contribution in [3.63, 3.8) is 0 Å². The Morgan fingerprint density at radius 1 is 0.860 bits per heavy atom. The molecular formula is C34H30F2N2O5. The van der Waals surface area contributed by atoms with Gasteiger partial charge in [0.2, 0.25) is 5.43 Å². The molecule has 0 saturated heterocycles. The number of amides is 1. The molecule has 220 valence electrons. The fourth-order valence-corrected chi connectivity index (χ4v) is 4.62. The monoisotopic (exact) mass is 584 g/mol. The topological polar surface area (TPSA) is 78.8 Å². The average molecular weight is 585 g/mol. The van der Waals surface area contributed by atoms with E-state index in [9.17, 15) is 18.4 Å². The molecule has 0 atom stereocenters. The Morgan fingerprint density at radius 2 is 1.58 bits per heavy atom. The largest absolute Gasteiger partial charge is 0.494 e. The van der Waals surface area contributed by atoms with Crippen molar-refractivity contribution in [3.8, 4) is 22.9 Å². The summed E-state index contributed by atoms with van der Waals surface area (Å²) in [5.41, 5.74) is 1.08. The summed E-state index contributed by atoms with van der Waals surface area (Å²) < 4.78 is 47.0. The number of nitrogens with zero attached hydrogens (tertiary/aromatic N) is 1. The molecule has 9 heteroatoms. The van der Waals surface area contributed by atoms with Gasteiger partial charge in [0.05, 0.1) is 23.9 Å². The van der Waals surface area contributed by atoms with Crippen molar-refractivity contribution in [2.45, 2.75) is 33.5 Å². The highest BCUT2D eigenvalue weighted by Crippen LogP contribution is 2.30. The van der Waals surface area contributed by atoms with Crippen LogP contribution in [0.15, 0.2) is 95.9 Å². The molecule has 7 nitrogen and oxygen atoms in total. The number of benzene rings is 4. The number of rotatable bonds is 10. The first kappa shape index (κ1) is 29.3. The Morgan fingerprint density at radius 3 is 2.28 bits per heavy atom. The fraction of sp³-hybridized carbons (Fsp3) is 0.176. The van der Waals surface area contributed by atoms with Gasteiger partial charge in [-0.1, -0.05) is 30.3 Å². The molecule has 43 heavy (non-hydrogen) atoms. The lowest BCUT2D eigenvalue weighted by atomic mass is 10.1. The van der Waals surface area contributed by atoms with Gasteiger partial charge in [-0.3, -0.25) is 9.59 Å². The second kappa shape index (κ2) is 12.8. The van der Waals surface area contributed by atoms with Crippen LogP contribution in [0.2, 0.25) is 0 Å². The highest BCUT2D eigenvalue weighted by Gasteiger charge is 2.19. The van der Waals surface area contributed by atoms with E-state index in [1.54, 1.807) is 41.0 Å². The molecule has 0 unspecified atom stereocenters. The first-order valence-electron chi connectivity index (χ1n) is 13.8. The first-order valence-corrected chi connectivity index (χ1v) is 13.8. The molecule has 0 radical (unpaired) electrons. The molecular weight excluding hydrogens is 554 g/mol. The van der Waals surface area contributed by atoms with Crippen molar-refractivity contribution in [1.29, 1.82) is 0 Å². The van der Waals surface area contributed by atoms with Gasteiger partial charge in [0.15, 0.2) is 0 Å². The number of anilines is 1. The molecule has 0 spiro atoms. The van der Waals surface area contributed by atoms with Crippen molar-refractivity contribution in [2.75, 3.05) is 11.9 Å². The highest BCUT2D eigenvalue weighted by molar-refractivity contribution is 6.06. The van der Waals surface area contributed by atoms with Gasteiger partial charge in [0.1, 0.15) is 41.1 Å². The Balaban J connectivity index is 1.65. The predicted molar refractivity (Wildman–Crippen MR) is 162 cm³/mol. The lowest BCUT2D eigenvalue weighted by Gasteiger charge is -2.18. The molecule has 0 aliphatic rings. The van der Waals surface area contributed by atoms with Gasteiger partial charge >= 0.3 is 0 Å². The molecule has 0 aliphatic carbocycles. The van der Waals surface area contributed by atoms with Crippen LogP contribution in [0.4, 0.5) is 14.5 Å². The van der Waals surface area contributed by atoms with Crippen molar-refractivity contribution in [2.24, 2.45) is 0 Å². The number of fused-ring (bicyclic) bond motifs is 1. The Labute approximate surface area is 247 Å². The molecule has 0 bridgehead atoms. The van der Waals surface area contributed by atoms with Crippen molar-refractivity contribution >= 4 is 22.5 Å². The zero-order valence-corrected chi connectivity index (χ0v) is 23.9. The maximum Gasteiger partial charge on any atom is 0.261 e. The summed E-state index contributed by atoms with van der Waals surface area (Å²) in [6.07, 6.45) is 1.27. The van der Waals surface area contributed by atoms with E-state index < -0.39 is 23.0 Å². The van der Waals surface area contributed by atoms with E-state index in [4.69, 9.17) is 14.2 Å². The van der Waals surface area contributed by atoms with E-state index in [2.05, 4.69) is 5.32 Å². The van der Waals surface area contributed by atoms with Crippen LogP contribution < -0.4 is 25.0 Å². The summed E-state index contributed by atoms with van der Waals surface area (Å²) in [7, 11) is 0. The number of aromatic nitrogens is 1. The third-order valence-electron chi connectivity index (χ3n) is 6.42. The maximum absolute atomic E-state index is 13.8. The zero-order valence-electron chi connectivity index (χ0n) is 23.9. The van der Waals surface area contributed by atoms with Crippen LogP contribution in [-0.4, -0.2) is 23.2 Å². The summed E-state index contributed by atoms with van der Waals surface area (Å²) in [6.45, 7) is 6.38. The van der Waals surface area contributed by atoms with Gasteiger partial charge in [-0.25, -0.2) is 8.78 Å². The van der Waals surface area contributed by atoms with E-state index in [1.165, 1.54) is 6.20 Å². The second-order valence-electron chi connectivity index (χ2n) is 10.1. The number of carbonyl (C=O) groups is 1. The number of pyridine rings is 1. The minimum atomic E-state index is -0.861. The standard InChI is InChI=1S/C34H30F2N2O5/c1-4-41-28-15-26(16-29(17-28)43-21(2)3)38-19-31(34(40)37-25-13-23(35)12-24(36)14-25)33(39)30-11-10-27(18-32(30)38)42-20-22-8-6-5-7-9-22/h5-19,21H,4,20H2,1-3H3,(H,37,40). The van der Waals surface area contributed by atoms with Gasteiger partial charge in [0.25, 0.3) is 5.91 Å². The lowest BCUT2D eigenvalue weighted by Crippen LogP contribution is -2.24. The maximum atomic E-state index is 13.8. The average Bonchev–Trinajstić information content (AvgIpc) is 2.96. The van der Waals surface area contributed by atoms with Crippen molar-refractivity contribution < 1.29 is 27.8 Å². The number of ether oxygens (including phenoxy) is 3. The molecule has 1 aromatic heterocycles. The quantitative estimate of drug-likeness (QED) is 0.187. The van der Waals surface area contributed by atoms with Gasteiger partial charge < -0.3 is 24.1 Å². The number of hydrogen-bond acceptors (Lipinski definition) is 5. The minimum Gasteiger partial charge on any atom is -0.494 e. The van der Waals surface area contributed by atoms with E-state index in [0.717, 1.165) is 17.7 Å². The molecule has 5 rings (SSSR count). The molecule has 1 amide bonds. The number of hydrogen-bond donors (Lipinski definition) is 1. The normalized spacial score (nSPS) is 11.0. The highest BCUT2D eigenvalue weighted by atomic mass is 19.1. The van der Waals surface area contributed by atoms with Crippen LogP contribution in [0.25, 0.3) is 16.6 Å². The van der Waals surface area contributed by atoms with E-state index in [1.807, 2.05) is 51.1 Å². The van der Waals surface area contributed by atoms with Crippen LogP contribution in [0.3, 0.4) is 0 Å². The van der Waals surface area contributed by atoms with E-state index in [-0.39, 0.29) is 22.7 Å². The van der Waals surface area contributed by atoms with Gasteiger partial charge in [0, 0.05) is 47.6 Å². The smallest absolute Gasteiger partial charge is 0.261 e. The molecule has 1 heterocycles. The summed E-state index contributed by atoms with van der Waals surface area (Å²) in [5, 5.41) is 2.67. The third kappa shape index (κ3) is 7.01. The predicted octanol–water partition coefficient (Wildman–Crippen LogP) is 7.29. The molecule has 4 aromatic carbocycles. The summed E-state index contributed by atoms with van der Waals surface area (Å²) in [5.74, 6) is -0.980. The molecule has 1 N–H and O–H groups in total.